The largest absolute Gasteiger partial charge is 0.279 e. The Morgan fingerprint density at radius 3 is 2.64 bits per heavy atom. The average Bonchev–Trinajstić information content (AvgIpc) is 3.39. The number of aryl methyl sites for hydroxylation is 1. The third-order valence-electron chi connectivity index (χ3n) is 5.48. The van der Waals surface area contributed by atoms with Gasteiger partial charge in [-0.1, -0.05) is 29.5 Å². The van der Waals surface area contributed by atoms with E-state index in [-0.39, 0.29) is 37.1 Å². The Labute approximate surface area is 194 Å². The molecule has 0 unspecified atom stereocenters. The van der Waals surface area contributed by atoms with Crippen LogP contribution in [0.4, 0.5) is 10.8 Å². The molecule has 4 aromatic rings. The van der Waals surface area contributed by atoms with Gasteiger partial charge in [0.1, 0.15) is 0 Å². The molecule has 3 heterocycles. The van der Waals surface area contributed by atoms with Crippen molar-refractivity contribution in [2.24, 2.45) is 0 Å². The molecule has 2 aromatic carbocycles. The maximum absolute atomic E-state index is 13.7. The third-order valence-corrected chi connectivity index (χ3v) is 6.52. The number of carbonyl (C=O) groups excluding carboxylic acids is 3. The van der Waals surface area contributed by atoms with Crippen molar-refractivity contribution in [1.82, 2.24) is 9.97 Å². The van der Waals surface area contributed by atoms with Gasteiger partial charge in [0.05, 0.1) is 22.4 Å². The standard InChI is InChI=1S/C25H20N4O3S/c1-16-7-8-20-21(12-16)33-25(27-20)28(15-17-4-3-11-26-14-17)24(32)18-5-2-6-19(13-18)29-22(30)9-10-23(29)31/h2-8,11-14H,9-10,15H2,1H3. The van der Waals surface area contributed by atoms with Gasteiger partial charge in [-0.2, -0.15) is 0 Å². The van der Waals surface area contributed by atoms with Gasteiger partial charge in [-0.15, -0.1) is 0 Å². The van der Waals surface area contributed by atoms with Crippen LogP contribution in [0.5, 0.6) is 0 Å². The second-order valence-corrected chi connectivity index (χ2v) is 8.90. The molecule has 7 nitrogen and oxygen atoms in total. The number of hydrogen-bond acceptors (Lipinski definition) is 6. The van der Waals surface area contributed by atoms with Gasteiger partial charge in [0.25, 0.3) is 5.91 Å². The highest BCUT2D eigenvalue weighted by molar-refractivity contribution is 7.22. The molecule has 0 saturated carbocycles. The summed E-state index contributed by atoms with van der Waals surface area (Å²) < 4.78 is 0.996. The Hall–Kier alpha value is -3.91. The lowest BCUT2D eigenvalue weighted by Gasteiger charge is -2.21. The van der Waals surface area contributed by atoms with Crippen molar-refractivity contribution >= 4 is 50.1 Å². The molecular formula is C25H20N4O3S. The molecule has 1 fully saturated rings. The van der Waals surface area contributed by atoms with E-state index in [0.717, 1.165) is 26.2 Å². The van der Waals surface area contributed by atoms with Crippen molar-refractivity contribution in [1.29, 1.82) is 0 Å². The van der Waals surface area contributed by atoms with E-state index in [2.05, 4.69) is 11.1 Å². The maximum atomic E-state index is 13.7. The summed E-state index contributed by atoms with van der Waals surface area (Å²) in [7, 11) is 0. The number of rotatable bonds is 5. The molecule has 1 aliphatic rings. The van der Waals surface area contributed by atoms with Gasteiger partial charge in [0.15, 0.2) is 5.13 Å². The van der Waals surface area contributed by atoms with Crippen LogP contribution in [-0.4, -0.2) is 27.7 Å². The summed E-state index contributed by atoms with van der Waals surface area (Å²) >= 11 is 1.45. The Morgan fingerprint density at radius 1 is 1.06 bits per heavy atom. The maximum Gasteiger partial charge on any atom is 0.260 e. The first-order valence-corrected chi connectivity index (χ1v) is 11.3. The molecule has 3 amide bonds. The normalized spacial score (nSPS) is 13.7. The Bertz CT molecular complexity index is 1370. The SMILES string of the molecule is Cc1ccc2nc(N(Cc3cccnc3)C(=O)c3cccc(N4C(=O)CCC4=O)c3)sc2c1. The fraction of sp³-hybridized carbons (Fsp3) is 0.160. The monoisotopic (exact) mass is 456 g/mol. The zero-order chi connectivity index (χ0) is 22.9. The molecule has 164 valence electrons. The fourth-order valence-electron chi connectivity index (χ4n) is 3.83. The molecule has 1 saturated heterocycles. The van der Waals surface area contributed by atoms with E-state index in [4.69, 9.17) is 4.98 Å². The minimum Gasteiger partial charge on any atom is -0.279 e. The van der Waals surface area contributed by atoms with Crippen LogP contribution in [0.3, 0.4) is 0 Å². The Kier molecular flexibility index (Phi) is 5.43. The quantitative estimate of drug-likeness (QED) is 0.413. The highest BCUT2D eigenvalue weighted by Gasteiger charge is 2.31. The lowest BCUT2D eigenvalue weighted by atomic mass is 10.1. The molecule has 0 N–H and O–H groups in total. The molecule has 5 rings (SSSR count). The minimum atomic E-state index is -0.268. The van der Waals surface area contributed by atoms with E-state index < -0.39 is 0 Å². The van der Waals surface area contributed by atoms with Crippen LogP contribution in [-0.2, 0) is 16.1 Å². The van der Waals surface area contributed by atoms with Crippen LogP contribution in [0.25, 0.3) is 10.2 Å². The highest BCUT2D eigenvalue weighted by atomic mass is 32.1. The molecule has 0 radical (unpaired) electrons. The van der Waals surface area contributed by atoms with Gasteiger partial charge in [0, 0.05) is 30.8 Å². The van der Waals surface area contributed by atoms with E-state index in [0.29, 0.717) is 16.4 Å². The zero-order valence-electron chi connectivity index (χ0n) is 17.9. The molecule has 0 aliphatic carbocycles. The van der Waals surface area contributed by atoms with E-state index in [1.54, 1.807) is 41.6 Å². The summed E-state index contributed by atoms with van der Waals surface area (Å²) in [6, 6.07) is 16.4. The van der Waals surface area contributed by atoms with Crippen LogP contribution >= 0.6 is 11.3 Å². The lowest BCUT2D eigenvalue weighted by Crippen LogP contribution is -2.31. The van der Waals surface area contributed by atoms with E-state index in [1.165, 1.54) is 11.3 Å². The number of pyridine rings is 1. The molecule has 0 bridgehead atoms. The number of carbonyl (C=O) groups is 3. The first-order chi connectivity index (χ1) is 16.0. The van der Waals surface area contributed by atoms with E-state index in [9.17, 15) is 14.4 Å². The van der Waals surface area contributed by atoms with E-state index in [1.807, 2.05) is 31.2 Å². The number of fused-ring (bicyclic) bond motifs is 1. The molecule has 0 spiro atoms. The summed E-state index contributed by atoms with van der Waals surface area (Å²) in [4.78, 5) is 49.7. The summed E-state index contributed by atoms with van der Waals surface area (Å²) in [5.41, 5.74) is 3.60. The van der Waals surface area contributed by atoms with Crippen LogP contribution in [0.15, 0.2) is 67.0 Å². The van der Waals surface area contributed by atoms with Gasteiger partial charge in [-0.3, -0.25) is 29.2 Å². The zero-order valence-corrected chi connectivity index (χ0v) is 18.7. The smallest absolute Gasteiger partial charge is 0.260 e. The number of anilines is 2. The van der Waals surface area contributed by atoms with Crippen molar-refractivity contribution in [3.05, 3.63) is 83.7 Å². The fourth-order valence-corrected chi connectivity index (χ4v) is 4.90. The first kappa shape index (κ1) is 21.0. The van der Waals surface area contributed by atoms with Gasteiger partial charge >= 0.3 is 0 Å². The summed E-state index contributed by atoms with van der Waals surface area (Å²) in [6.45, 7) is 2.31. The number of aromatic nitrogens is 2. The van der Waals surface area contributed by atoms with Crippen LogP contribution in [0.1, 0.15) is 34.3 Å². The summed E-state index contributed by atoms with van der Waals surface area (Å²) in [5, 5.41) is 0.572. The molecule has 1 aliphatic heterocycles. The second-order valence-electron chi connectivity index (χ2n) is 7.89. The topological polar surface area (TPSA) is 83.5 Å². The van der Waals surface area contributed by atoms with Gasteiger partial charge in [-0.05, 0) is 54.4 Å². The number of imide groups is 1. The number of nitrogens with zero attached hydrogens (tertiary/aromatic N) is 4. The van der Waals surface area contributed by atoms with Crippen molar-refractivity contribution in [3.63, 3.8) is 0 Å². The van der Waals surface area contributed by atoms with Crippen molar-refractivity contribution in [2.75, 3.05) is 9.80 Å². The van der Waals surface area contributed by atoms with Gasteiger partial charge in [0.2, 0.25) is 11.8 Å². The second kappa shape index (κ2) is 8.55. The van der Waals surface area contributed by atoms with Gasteiger partial charge in [-0.25, -0.2) is 4.98 Å². The lowest BCUT2D eigenvalue weighted by molar-refractivity contribution is -0.121. The van der Waals surface area contributed by atoms with Gasteiger partial charge < -0.3 is 0 Å². The van der Waals surface area contributed by atoms with Crippen molar-refractivity contribution < 1.29 is 14.4 Å². The molecule has 0 atom stereocenters. The van der Waals surface area contributed by atoms with Crippen molar-refractivity contribution in [2.45, 2.75) is 26.3 Å². The molecular weight excluding hydrogens is 436 g/mol. The predicted octanol–water partition coefficient (Wildman–Crippen LogP) is 4.50. The highest BCUT2D eigenvalue weighted by Crippen LogP contribution is 2.32. The van der Waals surface area contributed by atoms with E-state index >= 15 is 0 Å². The number of hydrogen-bond donors (Lipinski definition) is 0. The van der Waals surface area contributed by atoms with Crippen LogP contribution < -0.4 is 9.80 Å². The van der Waals surface area contributed by atoms with Crippen molar-refractivity contribution in [3.8, 4) is 0 Å². The number of amides is 3. The molecule has 33 heavy (non-hydrogen) atoms. The summed E-state index contributed by atoms with van der Waals surface area (Å²) in [5.74, 6) is -0.771. The number of thiazole rings is 1. The van der Waals surface area contributed by atoms with Crippen LogP contribution in [0.2, 0.25) is 0 Å². The Morgan fingerprint density at radius 2 is 1.88 bits per heavy atom. The Balaban J connectivity index is 1.54. The van der Waals surface area contributed by atoms with Crippen LogP contribution in [0, 0.1) is 6.92 Å². The third kappa shape index (κ3) is 4.12. The average molecular weight is 457 g/mol. The first-order valence-electron chi connectivity index (χ1n) is 10.5. The molecule has 8 heteroatoms. The minimum absolute atomic E-state index is 0.190. The predicted molar refractivity (Wildman–Crippen MR) is 127 cm³/mol. The number of benzene rings is 2. The molecule has 2 aromatic heterocycles. The summed E-state index contributed by atoms with van der Waals surface area (Å²) in [6.07, 6.45) is 3.78.